The summed E-state index contributed by atoms with van der Waals surface area (Å²) in [5.41, 5.74) is 1.12. The van der Waals surface area contributed by atoms with Gasteiger partial charge < -0.3 is 20.3 Å². The average molecular weight is 377 g/mol. The van der Waals surface area contributed by atoms with Gasteiger partial charge in [-0.15, -0.1) is 0 Å². The summed E-state index contributed by atoms with van der Waals surface area (Å²) in [5, 5.41) is 6.25. The number of nitrogens with one attached hydrogen (secondary N) is 2. The van der Waals surface area contributed by atoms with E-state index in [1.807, 2.05) is 32.3 Å². The zero-order valence-electron chi connectivity index (χ0n) is 17.3. The predicted octanol–water partition coefficient (Wildman–Crippen LogP) is 2.34. The molecule has 1 fully saturated rings. The van der Waals surface area contributed by atoms with Crippen LogP contribution >= 0.6 is 0 Å². The molecule has 2 N–H and O–H groups in total. The lowest BCUT2D eigenvalue weighted by Gasteiger charge is -2.35. The van der Waals surface area contributed by atoms with Gasteiger partial charge in [-0.3, -0.25) is 4.90 Å². The van der Waals surface area contributed by atoms with Crippen molar-refractivity contribution in [2.75, 3.05) is 53.5 Å². The normalized spacial score (nSPS) is 17.7. The standard InChI is InChI=1S/C21H36N4O2/c1-17(2)14-19(25-10-12-27-13-11-25)15-22-21(26)23-20(16-24(3)4)18-8-6-5-7-9-18/h5-9,17,19-20H,10-16H2,1-4H3,(H2,22,23,26). The van der Waals surface area contributed by atoms with Crippen LogP contribution in [0.4, 0.5) is 4.79 Å². The number of amides is 2. The molecule has 0 bridgehead atoms. The van der Waals surface area contributed by atoms with E-state index in [-0.39, 0.29) is 12.1 Å². The Labute approximate surface area is 164 Å². The van der Waals surface area contributed by atoms with Crippen LogP contribution in [0.1, 0.15) is 31.9 Å². The molecule has 2 atom stereocenters. The van der Waals surface area contributed by atoms with Crippen molar-refractivity contribution < 1.29 is 9.53 Å². The minimum Gasteiger partial charge on any atom is -0.379 e. The topological polar surface area (TPSA) is 56.8 Å². The van der Waals surface area contributed by atoms with Gasteiger partial charge in [-0.05, 0) is 32.0 Å². The number of benzene rings is 1. The molecule has 1 heterocycles. The number of carbonyl (C=O) groups excluding carboxylic acids is 1. The second kappa shape index (κ2) is 11.3. The summed E-state index contributed by atoms with van der Waals surface area (Å²) in [4.78, 5) is 17.1. The molecule has 1 saturated heterocycles. The maximum Gasteiger partial charge on any atom is 0.315 e. The van der Waals surface area contributed by atoms with E-state index in [0.29, 0.717) is 18.5 Å². The molecule has 6 heteroatoms. The molecule has 2 unspecified atom stereocenters. The van der Waals surface area contributed by atoms with Gasteiger partial charge in [0.1, 0.15) is 0 Å². The van der Waals surface area contributed by atoms with Crippen molar-refractivity contribution in [1.82, 2.24) is 20.4 Å². The third-order valence-electron chi connectivity index (χ3n) is 4.86. The molecule has 0 saturated carbocycles. The Morgan fingerprint density at radius 3 is 2.44 bits per heavy atom. The summed E-state index contributed by atoms with van der Waals surface area (Å²) in [5.74, 6) is 0.591. The summed E-state index contributed by atoms with van der Waals surface area (Å²) in [6.07, 6.45) is 1.07. The smallest absolute Gasteiger partial charge is 0.315 e. The van der Waals surface area contributed by atoms with Crippen LogP contribution < -0.4 is 10.6 Å². The summed E-state index contributed by atoms with van der Waals surface area (Å²) in [7, 11) is 4.04. The highest BCUT2D eigenvalue weighted by Gasteiger charge is 2.23. The summed E-state index contributed by atoms with van der Waals surface area (Å²) in [6.45, 7) is 9.32. The molecule has 2 rings (SSSR count). The highest BCUT2D eigenvalue weighted by Crippen LogP contribution is 2.14. The number of morpholine rings is 1. The van der Waals surface area contributed by atoms with Crippen molar-refractivity contribution in [1.29, 1.82) is 0 Å². The number of likely N-dealkylation sites (N-methyl/N-ethyl adjacent to an activating group) is 1. The second-order valence-corrected chi connectivity index (χ2v) is 8.01. The number of nitrogens with zero attached hydrogens (tertiary/aromatic N) is 2. The largest absolute Gasteiger partial charge is 0.379 e. The van der Waals surface area contributed by atoms with E-state index in [1.54, 1.807) is 0 Å². The molecule has 6 nitrogen and oxygen atoms in total. The van der Waals surface area contributed by atoms with Gasteiger partial charge >= 0.3 is 6.03 Å². The predicted molar refractivity (Wildman–Crippen MR) is 110 cm³/mol. The van der Waals surface area contributed by atoms with Gasteiger partial charge in [0, 0.05) is 32.2 Å². The van der Waals surface area contributed by atoms with Crippen LogP contribution in [0.25, 0.3) is 0 Å². The fourth-order valence-electron chi connectivity index (χ4n) is 3.55. The molecule has 2 amide bonds. The molecule has 1 aromatic rings. The van der Waals surface area contributed by atoms with Gasteiger partial charge in [-0.1, -0.05) is 44.2 Å². The van der Waals surface area contributed by atoms with Gasteiger partial charge in [0.25, 0.3) is 0 Å². The van der Waals surface area contributed by atoms with Crippen LogP contribution in [0.5, 0.6) is 0 Å². The van der Waals surface area contributed by atoms with Gasteiger partial charge in [-0.25, -0.2) is 4.79 Å². The molecular weight excluding hydrogens is 340 g/mol. The first-order chi connectivity index (χ1) is 13.0. The maximum absolute atomic E-state index is 12.6. The highest BCUT2D eigenvalue weighted by atomic mass is 16.5. The van der Waals surface area contributed by atoms with Crippen molar-refractivity contribution in [3.63, 3.8) is 0 Å². The molecule has 0 spiro atoms. The van der Waals surface area contributed by atoms with E-state index in [9.17, 15) is 4.79 Å². The second-order valence-electron chi connectivity index (χ2n) is 8.01. The minimum atomic E-state index is -0.104. The van der Waals surface area contributed by atoms with Crippen molar-refractivity contribution >= 4 is 6.03 Å². The lowest BCUT2D eigenvalue weighted by molar-refractivity contribution is 0.0129. The van der Waals surface area contributed by atoms with Crippen LogP contribution in [0.3, 0.4) is 0 Å². The number of urea groups is 1. The maximum atomic E-state index is 12.6. The van der Waals surface area contributed by atoms with E-state index in [4.69, 9.17) is 4.74 Å². The first-order valence-corrected chi connectivity index (χ1v) is 10.0. The lowest BCUT2D eigenvalue weighted by Crippen LogP contribution is -2.51. The number of rotatable bonds is 9. The van der Waals surface area contributed by atoms with E-state index in [2.05, 4.69) is 46.4 Å². The van der Waals surface area contributed by atoms with Gasteiger partial charge in [-0.2, -0.15) is 0 Å². The van der Waals surface area contributed by atoms with Crippen LogP contribution in [0.2, 0.25) is 0 Å². The Kier molecular flexibility index (Phi) is 9.04. The van der Waals surface area contributed by atoms with E-state index < -0.39 is 0 Å². The Bertz CT molecular complexity index is 544. The van der Waals surface area contributed by atoms with E-state index in [0.717, 1.165) is 44.8 Å². The number of carbonyl (C=O) groups is 1. The average Bonchev–Trinajstić information content (AvgIpc) is 2.65. The minimum absolute atomic E-state index is 0.0341. The summed E-state index contributed by atoms with van der Waals surface area (Å²) in [6, 6.07) is 10.3. The SMILES string of the molecule is CC(C)CC(CNC(=O)NC(CN(C)C)c1ccccc1)N1CCOCC1. The fourth-order valence-corrected chi connectivity index (χ4v) is 3.55. The van der Waals surface area contributed by atoms with Crippen LogP contribution in [-0.4, -0.2) is 75.4 Å². The molecule has 1 aromatic carbocycles. The summed E-state index contributed by atoms with van der Waals surface area (Å²) >= 11 is 0. The van der Waals surface area contributed by atoms with Gasteiger partial charge in [0.15, 0.2) is 0 Å². The quantitative estimate of drug-likeness (QED) is 0.695. The Balaban J connectivity index is 1.92. The monoisotopic (exact) mass is 376 g/mol. The fraction of sp³-hybridized carbons (Fsp3) is 0.667. The number of hydrogen-bond donors (Lipinski definition) is 2. The number of ether oxygens (including phenoxy) is 1. The Morgan fingerprint density at radius 1 is 1.19 bits per heavy atom. The third kappa shape index (κ3) is 7.87. The number of hydrogen-bond acceptors (Lipinski definition) is 4. The first kappa shape index (κ1) is 21.7. The van der Waals surface area contributed by atoms with E-state index in [1.165, 1.54) is 0 Å². The molecule has 1 aliphatic heterocycles. The van der Waals surface area contributed by atoms with Gasteiger partial charge in [0.05, 0.1) is 19.3 Å². The van der Waals surface area contributed by atoms with Crippen LogP contribution in [0, 0.1) is 5.92 Å². The first-order valence-electron chi connectivity index (χ1n) is 10.0. The zero-order chi connectivity index (χ0) is 19.6. The van der Waals surface area contributed by atoms with Crippen molar-refractivity contribution in [3.05, 3.63) is 35.9 Å². The Hall–Kier alpha value is -1.63. The molecule has 0 aliphatic carbocycles. The van der Waals surface area contributed by atoms with Crippen LogP contribution in [-0.2, 0) is 4.74 Å². The van der Waals surface area contributed by atoms with Gasteiger partial charge in [0.2, 0.25) is 0 Å². The van der Waals surface area contributed by atoms with Crippen molar-refractivity contribution in [2.45, 2.75) is 32.4 Å². The van der Waals surface area contributed by atoms with Crippen molar-refractivity contribution in [2.24, 2.45) is 5.92 Å². The van der Waals surface area contributed by atoms with Crippen LogP contribution in [0.15, 0.2) is 30.3 Å². The molecule has 1 aliphatic rings. The zero-order valence-corrected chi connectivity index (χ0v) is 17.3. The van der Waals surface area contributed by atoms with E-state index >= 15 is 0 Å². The summed E-state index contributed by atoms with van der Waals surface area (Å²) < 4.78 is 5.47. The molecule has 0 radical (unpaired) electrons. The molecule has 152 valence electrons. The Morgan fingerprint density at radius 2 is 1.85 bits per heavy atom. The molecular formula is C21H36N4O2. The molecule has 0 aromatic heterocycles. The highest BCUT2D eigenvalue weighted by molar-refractivity contribution is 5.74. The third-order valence-corrected chi connectivity index (χ3v) is 4.86. The lowest BCUT2D eigenvalue weighted by atomic mass is 10.0. The van der Waals surface area contributed by atoms with Crippen molar-refractivity contribution in [3.8, 4) is 0 Å². The molecule has 27 heavy (non-hydrogen) atoms.